The molecule has 0 aliphatic rings. The Hall–Kier alpha value is -2.44. The van der Waals surface area contributed by atoms with Gasteiger partial charge in [0.2, 0.25) is 5.78 Å². The van der Waals surface area contributed by atoms with Gasteiger partial charge in [-0.25, -0.2) is 9.97 Å². The number of aromatic nitrogens is 2. The standard InChI is InChI=1S/C14H11F3N2O2/c1-9-7-18-13(19-8-9)12(20)6-10-2-4-11(5-3-10)21-14(15,16)17/h2-5,7-8H,6H2,1H3. The van der Waals surface area contributed by atoms with E-state index < -0.39 is 6.36 Å². The van der Waals surface area contributed by atoms with E-state index >= 15 is 0 Å². The molecule has 0 spiro atoms. The van der Waals surface area contributed by atoms with E-state index in [1.165, 1.54) is 24.5 Å². The Kier molecular flexibility index (Phi) is 4.21. The molecule has 0 N–H and O–H groups in total. The number of hydrogen-bond acceptors (Lipinski definition) is 4. The van der Waals surface area contributed by atoms with Crippen LogP contribution in [0.4, 0.5) is 13.2 Å². The predicted molar refractivity (Wildman–Crippen MR) is 67.9 cm³/mol. The van der Waals surface area contributed by atoms with Gasteiger partial charge in [0.05, 0.1) is 0 Å². The fourth-order valence-electron chi connectivity index (χ4n) is 1.61. The summed E-state index contributed by atoms with van der Waals surface area (Å²) in [5.74, 6) is -0.555. The number of Topliss-reactive ketones (excluding diaryl/α,β-unsaturated/α-hetero) is 1. The summed E-state index contributed by atoms with van der Waals surface area (Å²) in [7, 11) is 0. The van der Waals surface area contributed by atoms with E-state index in [9.17, 15) is 18.0 Å². The summed E-state index contributed by atoms with van der Waals surface area (Å²) in [5, 5.41) is 0. The third kappa shape index (κ3) is 4.55. The van der Waals surface area contributed by atoms with Gasteiger partial charge in [-0.15, -0.1) is 13.2 Å². The molecule has 0 bridgehead atoms. The Morgan fingerprint density at radius 3 is 2.24 bits per heavy atom. The fraction of sp³-hybridized carbons (Fsp3) is 0.214. The first-order valence-electron chi connectivity index (χ1n) is 6.00. The summed E-state index contributed by atoms with van der Waals surface area (Å²) >= 11 is 0. The lowest BCUT2D eigenvalue weighted by Crippen LogP contribution is -2.17. The number of benzene rings is 1. The number of aryl methyl sites for hydroxylation is 1. The van der Waals surface area contributed by atoms with E-state index in [1.54, 1.807) is 6.92 Å². The molecule has 1 aromatic heterocycles. The minimum absolute atomic E-state index is 0.00928. The molecule has 2 aromatic rings. The van der Waals surface area contributed by atoms with Gasteiger partial charge in [-0.1, -0.05) is 12.1 Å². The number of nitrogens with zero attached hydrogens (tertiary/aromatic N) is 2. The van der Waals surface area contributed by atoms with Crippen LogP contribution < -0.4 is 4.74 Å². The number of ether oxygens (including phenoxy) is 1. The first-order valence-corrected chi connectivity index (χ1v) is 6.00. The molecule has 0 amide bonds. The van der Waals surface area contributed by atoms with Crippen molar-refractivity contribution in [3.63, 3.8) is 0 Å². The molecule has 1 aromatic carbocycles. The Morgan fingerprint density at radius 1 is 1.14 bits per heavy atom. The summed E-state index contributed by atoms with van der Waals surface area (Å²) in [4.78, 5) is 19.7. The largest absolute Gasteiger partial charge is 0.573 e. The van der Waals surface area contributed by atoms with Gasteiger partial charge in [0.25, 0.3) is 0 Å². The molecule has 0 radical (unpaired) electrons. The zero-order chi connectivity index (χ0) is 15.5. The monoisotopic (exact) mass is 296 g/mol. The summed E-state index contributed by atoms with van der Waals surface area (Å²) < 4.78 is 39.8. The second-order valence-corrected chi connectivity index (χ2v) is 4.38. The zero-order valence-corrected chi connectivity index (χ0v) is 11.0. The smallest absolute Gasteiger partial charge is 0.406 e. The van der Waals surface area contributed by atoms with Crippen LogP contribution in [0.3, 0.4) is 0 Å². The number of carbonyl (C=O) groups excluding carboxylic acids is 1. The van der Waals surface area contributed by atoms with Crippen LogP contribution >= 0.6 is 0 Å². The van der Waals surface area contributed by atoms with E-state index in [4.69, 9.17) is 0 Å². The fourth-order valence-corrected chi connectivity index (χ4v) is 1.61. The van der Waals surface area contributed by atoms with Gasteiger partial charge in [-0.3, -0.25) is 4.79 Å². The van der Waals surface area contributed by atoms with E-state index in [0.717, 1.165) is 17.7 Å². The van der Waals surface area contributed by atoms with Crippen molar-refractivity contribution in [1.29, 1.82) is 0 Å². The highest BCUT2D eigenvalue weighted by molar-refractivity contribution is 5.94. The van der Waals surface area contributed by atoms with Crippen LogP contribution in [0.15, 0.2) is 36.7 Å². The molecule has 0 aliphatic carbocycles. The molecule has 1 heterocycles. The van der Waals surface area contributed by atoms with Crippen LogP contribution in [-0.4, -0.2) is 22.1 Å². The molecule has 0 aliphatic heterocycles. The Balaban J connectivity index is 2.03. The van der Waals surface area contributed by atoms with E-state index in [1.807, 2.05) is 0 Å². The number of hydrogen-bond donors (Lipinski definition) is 0. The lowest BCUT2D eigenvalue weighted by atomic mass is 10.1. The lowest BCUT2D eigenvalue weighted by Gasteiger charge is -2.09. The van der Waals surface area contributed by atoms with Gasteiger partial charge in [-0.2, -0.15) is 0 Å². The number of alkyl halides is 3. The maximum Gasteiger partial charge on any atom is 0.573 e. The maximum atomic E-state index is 12.0. The highest BCUT2D eigenvalue weighted by Crippen LogP contribution is 2.22. The molecule has 4 nitrogen and oxygen atoms in total. The van der Waals surface area contributed by atoms with E-state index in [-0.39, 0.29) is 23.8 Å². The van der Waals surface area contributed by atoms with Gasteiger partial charge in [0.1, 0.15) is 5.75 Å². The van der Waals surface area contributed by atoms with Gasteiger partial charge < -0.3 is 4.74 Å². The molecule has 0 saturated carbocycles. The summed E-state index contributed by atoms with van der Waals surface area (Å²) in [6.45, 7) is 1.80. The Labute approximate surface area is 118 Å². The van der Waals surface area contributed by atoms with Crippen molar-refractivity contribution in [3.8, 4) is 5.75 Å². The first-order chi connectivity index (χ1) is 9.83. The van der Waals surface area contributed by atoms with Crippen molar-refractivity contribution in [2.45, 2.75) is 19.7 Å². The lowest BCUT2D eigenvalue weighted by molar-refractivity contribution is -0.274. The molecule has 0 saturated heterocycles. The van der Waals surface area contributed by atoms with E-state index in [0.29, 0.717) is 5.56 Å². The van der Waals surface area contributed by atoms with Crippen molar-refractivity contribution in [2.24, 2.45) is 0 Å². The topological polar surface area (TPSA) is 52.1 Å². The minimum Gasteiger partial charge on any atom is -0.406 e. The van der Waals surface area contributed by atoms with Crippen molar-refractivity contribution in [1.82, 2.24) is 9.97 Å². The van der Waals surface area contributed by atoms with Gasteiger partial charge in [-0.05, 0) is 30.2 Å². The number of rotatable bonds is 4. The third-order valence-corrected chi connectivity index (χ3v) is 2.55. The van der Waals surface area contributed by atoms with Gasteiger partial charge in [0, 0.05) is 18.8 Å². The number of ketones is 1. The maximum absolute atomic E-state index is 12.0. The molecule has 0 fully saturated rings. The SMILES string of the molecule is Cc1cnc(C(=O)Cc2ccc(OC(F)(F)F)cc2)nc1. The minimum atomic E-state index is -4.73. The van der Waals surface area contributed by atoms with Crippen LogP contribution in [0.1, 0.15) is 21.7 Å². The van der Waals surface area contributed by atoms with Gasteiger partial charge in [0.15, 0.2) is 5.82 Å². The highest BCUT2D eigenvalue weighted by Gasteiger charge is 2.30. The first kappa shape index (κ1) is 15.0. The number of halogens is 3. The van der Waals surface area contributed by atoms with Crippen LogP contribution in [-0.2, 0) is 6.42 Å². The summed E-state index contributed by atoms with van der Waals surface area (Å²) in [5.41, 5.74) is 1.39. The van der Waals surface area contributed by atoms with Crippen LogP contribution in [0.2, 0.25) is 0 Å². The average molecular weight is 296 g/mol. The molecular formula is C14H11F3N2O2. The number of carbonyl (C=O) groups is 1. The van der Waals surface area contributed by atoms with Crippen LogP contribution in [0, 0.1) is 6.92 Å². The molecule has 0 unspecified atom stereocenters. The normalized spacial score (nSPS) is 11.2. The van der Waals surface area contributed by atoms with Crippen molar-refractivity contribution >= 4 is 5.78 Å². The van der Waals surface area contributed by atoms with Crippen molar-refractivity contribution < 1.29 is 22.7 Å². The van der Waals surface area contributed by atoms with Crippen molar-refractivity contribution in [2.75, 3.05) is 0 Å². The second kappa shape index (κ2) is 5.90. The molecule has 2 rings (SSSR count). The van der Waals surface area contributed by atoms with Crippen LogP contribution in [0.25, 0.3) is 0 Å². The quantitative estimate of drug-likeness (QED) is 0.813. The Bertz CT molecular complexity index is 622. The Morgan fingerprint density at radius 2 is 1.71 bits per heavy atom. The predicted octanol–water partition coefficient (Wildman–Crippen LogP) is 3.11. The molecular weight excluding hydrogens is 285 g/mol. The van der Waals surface area contributed by atoms with Crippen molar-refractivity contribution in [3.05, 3.63) is 53.6 Å². The third-order valence-electron chi connectivity index (χ3n) is 2.55. The summed E-state index contributed by atoms with van der Waals surface area (Å²) in [6.07, 6.45) is -1.66. The molecule has 0 atom stereocenters. The van der Waals surface area contributed by atoms with Gasteiger partial charge >= 0.3 is 6.36 Å². The molecule has 21 heavy (non-hydrogen) atoms. The van der Waals surface area contributed by atoms with Crippen LogP contribution in [0.5, 0.6) is 5.75 Å². The molecule has 7 heteroatoms. The highest BCUT2D eigenvalue weighted by atomic mass is 19.4. The average Bonchev–Trinajstić information content (AvgIpc) is 2.40. The zero-order valence-electron chi connectivity index (χ0n) is 11.0. The summed E-state index contributed by atoms with van der Waals surface area (Å²) in [6, 6.07) is 5.11. The second-order valence-electron chi connectivity index (χ2n) is 4.38. The van der Waals surface area contributed by atoms with E-state index in [2.05, 4.69) is 14.7 Å². The molecule has 110 valence electrons.